The molecule has 0 heterocycles. The van der Waals surface area contributed by atoms with Crippen LogP contribution in [0.2, 0.25) is 5.02 Å². The van der Waals surface area contributed by atoms with E-state index in [9.17, 15) is 0 Å². The predicted molar refractivity (Wildman–Crippen MR) is 126 cm³/mol. The van der Waals surface area contributed by atoms with Crippen molar-refractivity contribution >= 4 is 27.5 Å². The van der Waals surface area contributed by atoms with Crippen molar-refractivity contribution in [2.75, 3.05) is 13.2 Å². The monoisotopic (exact) mass is 481 g/mol. The summed E-state index contributed by atoms with van der Waals surface area (Å²) in [7, 11) is 0. The van der Waals surface area contributed by atoms with Crippen molar-refractivity contribution in [2.45, 2.75) is 65.5 Å². The van der Waals surface area contributed by atoms with Gasteiger partial charge in [-0.25, -0.2) is 0 Å². The zero-order valence-corrected chi connectivity index (χ0v) is 19.9. The van der Waals surface area contributed by atoms with E-state index < -0.39 is 0 Å². The Morgan fingerprint density at radius 1 is 0.897 bits per heavy atom. The molecule has 160 valence electrons. The highest BCUT2D eigenvalue weighted by atomic mass is 79.9. The maximum absolute atomic E-state index is 6.06. The summed E-state index contributed by atoms with van der Waals surface area (Å²) in [4.78, 5) is 0. The normalized spacial score (nSPS) is 10.9. The summed E-state index contributed by atoms with van der Waals surface area (Å²) in [6.45, 7) is 7.17. The minimum Gasteiger partial charge on any atom is -0.490 e. The molecule has 0 aliphatic carbocycles. The highest BCUT2D eigenvalue weighted by molar-refractivity contribution is 9.10. The molecule has 0 unspecified atom stereocenters. The summed E-state index contributed by atoms with van der Waals surface area (Å²) in [5.41, 5.74) is 2.25. The van der Waals surface area contributed by atoms with Gasteiger partial charge in [-0.15, -0.1) is 0 Å². The summed E-state index contributed by atoms with van der Waals surface area (Å²) in [5, 5.41) is 4.27. The Bertz CT molecular complexity index is 722. The largest absolute Gasteiger partial charge is 0.490 e. The van der Waals surface area contributed by atoms with Crippen LogP contribution in [0.4, 0.5) is 0 Å². The molecular formula is C24H33BrClNO2. The first-order chi connectivity index (χ1) is 14.1. The van der Waals surface area contributed by atoms with E-state index in [2.05, 4.69) is 40.3 Å². The molecule has 2 rings (SSSR count). The van der Waals surface area contributed by atoms with Gasteiger partial charge in [-0.05, 0) is 71.2 Å². The van der Waals surface area contributed by atoms with Gasteiger partial charge in [0.1, 0.15) is 6.61 Å². The van der Waals surface area contributed by atoms with Crippen molar-refractivity contribution in [3.8, 4) is 11.5 Å². The fourth-order valence-electron chi connectivity index (χ4n) is 3.13. The maximum Gasteiger partial charge on any atom is 0.175 e. The van der Waals surface area contributed by atoms with Crippen LogP contribution in [0.3, 0.4) is 0 Å². The fraction of sp³-hybridized carbons (Fsp3) is 0.500. The molecule has 0 radical (unpaired) electrons. The summed E-state index contributed by atoms with van der Waals surface area (Å²) in [6, 6.07) is 11.9. The van der Waals surface area contributed by atoms with Gasteiger partial charge in [-0.2, -0.15) is 0 Å². The third-order valence-electron chi connectivity index (χ3n) is 4.70. The molecule has 0 fully saturated rings. The van der Waals surface area contributed by atoms with Gasteiger partial charge in [0.2, 0.25) is 0 Å². The van der Waals surface area contributed by atoms with Crippen LogP contribution >= 0.6 is 27.5 Å². The standard InChI is InChI=1S/C24H33BrClNO2/c1-3-5-6-7-8-9-14-27-17-20-15-22(25)24(23(16-20)28-4-2)29-18-19-10-12-21(26)13-11-19/h10-13,15-16,27H,3-9,14,17-18H2,1-2H3. The third-order valence-corrected chi connectivity index (χ3v) is 5.54. The number of hydrogen-bond donors (Lipinski definition) is 1. The number of nitrogens with one attached hydrogen (secondary N) is 1. The number of halogens is 2. The van der Waals surface area contributed by atoms with E-state index in [-0.39, 0.29) is 0 Å². The Hall–Kier alpha value is -1.23. The van der Waals surface area contributed by atoms with Crippen LogP contribution in [0.5, 0.6) is 11.5 Å². The van der Waals surface area contributed by atoms with Gasteiger partial charge in [0.25, 0.3) is 0 Å². The molecule has 5 heteroatoms. The number of benzene rings is 2. The molecule has 2 aromatic carbocycles. The molecule has 0 saturated heterocycles. The van der Waals surface area contributed by atoms with Crippen molar-refractivity contribution in [2.24, 2.45) is 0 Å². The molecule has 2 aromatic rings. The summed E-state index contributed by atoms with van der Waals surface area (Å²) < 4.78 is 12.8. The second-order valence-electron chi connectivity index (χ2n) is 7.20. The summed E-state index contributed by atoms with van der Waals surface area (Å²) in [6.07, 6.45) is 7.89. The smallest absolute Gasteiger partial charge is 0.175 e. The lowest BCUT2D eigenvalue weighted by molar-refractivity contribution is 0.267. The van der Waals surface area contributed by atoms with Crippen LogP contribution in [0.1, 0.15) is 63.5 Å². The van der Waals surface area contributed by atoms with Crippen LogP contribution in [-0.2, 0) is 13.2 Å². The number of hydrogen-bond acceptors (Lipinski definition) is 3. The van der Waals surface area contributed by atoms with Crippen molar-refractivity contribution < 1.29 is 9.47 Å². The van der Waals surface area contributed by atoms with E-state index in [4.69, 9.17) is 21.1 Å². The van der Waals surface area contributed by atoms with E-state index in [1.165, 1.54) is 44.1 Å². The summed E-state index contributed by atoms with van der Waals surface area (Å²) >= 11 is 9.61. The first-order valence-corrected chi connectivity index (χ1v) is 11.8. The van der Waals surface area contributed by atoms with Gasteiger partial charge in [0.05, 0.1) is 11.1 Å². The van der Waals surface area contributed by atoms with Crippen LogP contribution in [0.15, 0.2) is 40.9 Å². The molecule has 0 spiro atoms. The third kappa shape index (κ3) is 8.98. The second-order valence-corrected chi connectivity index (χ2v) is 8.49. The van der Waals surface area contributed by atoms with E-state index in [0.717, 1.165) is 39.6 Å². The zero-order chi connectivity index (χ0) is 20.9. The molecule has 0 atom stereocenters. The van der Waals surface area contributed by atoms with E-state index in [0.29, 0.717) is 13.2 Å². The van der Waals surface area contributed by atoms with Crippen LogP contribution in [-0.4, -0.2) is 13.2 Å². The highest BCUT2D eigenvalue weighted by Gasteiger charge is 2.12. The lowest BCUT2D eigenvalue weighted by atomic mass is 10.1. The molecule has 0 aromatic heterocycles. The first kappa shape index (κ1) is 24.0. The number of unbranched alkanes of at least 4 members (excludes halogenated alkanes) is 5. The predicted octanol–water partition coefficient (Wildman–Crippen LogP) is 7.53. The van der Waals surface area contributed by atoms with Crippen LogP contribution in [0.25, 0.3) is 0 Å². The second kappa shape index (κ2) is 13.9. The molecule has 1 N–H and O–H groups in total. The van der Waals surface area contributed by atoms with Crippen molar-refractivity contribution in [3.05, 3.63) is 57.0 Å². The minimum absolute atomic E-state index is 0.464. The number of rotatable bonds is 14. The zero-order valence-electron chi connectivity index (χ0n) is 17.6. The Labute approximate surface area is 189 Å². The molecule has 0 bridgehead atoms. The SMILES string of the molecule is CCCCCCCCNCc1cc(Br)c(OCc2ccc(Cl)cc2)c(OCC)c1. The first-order valence-electron chi connectivity index (χ1n) is 10.7. The number of ether oxygens (including phenoxy) is 2. The Morgan fingerprint density at radius 2 is 1.62 bits per heavy atom. The molecule has 0 saturated carbocycles. The summed E-state index contributed by atoms with van der Waals surface area (Å²) in [5.74, 6) is 1.51. The van der Waals surface area contributed by atoms with Gasteiger partial charge < -0.3 is 14.8 Å². The fourth-order valence-corrected chi connectivity index (χ4v) is 3.86. The van der Waals surface area contributed by atoms with Gasteiger partial charge in [-0.1, -0.05) is 62.8 Å². The maximum atomic E-state index is 6.06. The van der Waals surface area contributed by atoms with E-state index in [1.54, 1.807) is 0 Å². The van der Waals surface area contributed by atoms with Crippen molar-refractivity contribution in [3.63, 3.8) is 0 Å². The van der Waals surface area contributed by atoms with Gasteiger partial charge in [0, 0.05) is 11.6 Å². The molecule has 29 heavy (non-hydrogen) atoms. The lowest BCUT2D eigenvalue weighted by Crippen LogP contribution is -2.15. The van der Waals surface area contributed by atoms with E-state index >= 15 is 0 Å². The lowest BCUT2D eigenvalue weighted by Gasteiger charge is -2.16. The average molecular weight is 483 g/mol. The molecule has 3 nitrogen and oxygen atoms in total. The molecule has 0 aliphatic rings. The quantitative estimate of drug-likeness (QED) is 0.282. The Morgan fingerprint density at radius 3 is 2.34 bits per heavy atom. The molecule has 0 aliphatic heterocycles. The average Bonchev–Trinajstić information content (AvgIpc) is 2.71. The van der Waals surface area contributed by atoms with E-state index in [1.807, 2.05) is 31.2 Å². The van der Waals surface area contributed by atoms with Gasteiger partial charge in [-0.3, -0.25) is 0 Å². The van der Waals surface area contributed by atoms with Crippen molar-refractivity contribution in [1.82, 2.24) is 5.32 Å². The van der Waals surface area contributed by atoms with Gasteiger partial charge >= 0.3 is 0 Å². The van der Waals surface area contributed by atoms with Crippen LogP contribution < -0.4 is 14.8 Å². The van der Waals surface area contributed by atoms with Gasteiger partial charge in [0.15, 0.2) is 11.5 Å². The van der Waals surface area contributed by atoms with Crippen molar-refractivity contribution in [1.29, 1.82) is 0 Å². The molecule has 0 amide bonds. The van der Waals surface area contributed by atoms with Crippen LogP contribution in [0, 0.1) is 0 Å². The molecular weight excluding hydrogens is 450 g/mol. The Kier molecular flexibility index (Phi) is 11.5. The topological polar surface area (TPSA) is 30.5 Å². The Balaban J connectivity index is 1.88. The minimum atomic E-state index is 0.464. The highest BCUT2D eigenvalue weighted by Crippen LogP contribution is 2.37.